The van der Waals surface area contributed by atoms with E-state index >= 15 is 0 Å². The van der Waals surface area contributed by atoms with E-state index in [1.54, 1.807) is 18.2 Å². The summed E-state index contributed by atoms with van der Waals surface area (Å²) in [6, 6.07) is 19.4. The second-order valence-corrected chi connectivity index (χ2v) is 5.44. The maximum absolute atomic E-state index is 11.8. The van der Waals surface area contributed by atoms with Gasteiger partial charge in [-0.1, -0.05) is 42.5 Å². The molecule has 0 heterocycles. The van der Waals surface area contributed by atoms with Crippen molar-refractivity contribution in [2.45, 2.75) is 0 Å². The van der Waals surface area contributed by atoms with Crippen molar-refractivity contribution in [3.63, 3.8) is 0 Å². The molecule has 0 aliphatic rings. The quantitative estimate of drug-likeness (QED) is 0.420. The van der Waals surface area contributed by atoms with Gasteiger partial charge in [0.25, 0.3) is 11.6 Å². The maximum Gasteiger partial charge on any atom is 0.277 e. The molecular weight excluding hydrogens is 334 g/mol. The predicted octanol–water partition coefficient (Wildman–Crippen LogP) is 3.28. The van der Waals surface area contributed by atoms with Crippen LogP contribution >= 0.6 is 0 Å². The van der Waals surface area contributed by atoms with Crippen LogP contribution in [0.1, 0.15) is 5.56 Å². The Hall–Kier alpha value is -3.74. The first-order chi connectivity index (χ1) is 12.6. The summed E-state index contributed by atoms with van der Waals surface area (Å²) >= 11 is 0. The molecular formula is C19H15N3O4. The maximum atomic E-state index is 11.8. The summed E-state index contributed by atoms with van der Waals surface area (Å²) in [7, 11) is 0. The summed E-state index contributed by atoms with van der Waals surface area (Å²) in [5, 5.41) is 16.6. The van der Waals surface area contributed by atoms with Crippen molar-refractivity contribution in [1.29, 1.82) is 0 Å². The molecule has 0 atom stereocenters. The zero-order chi connectivity index (χ0) is 18.4. The number of non-ortho nitro benzene ring substituents is 1. The van der Waals surface area contributed by atoms with Gasteiger partial charge in [-0.3, -0.25) is 14.9 Å². The average Bonchev–Trinajstić information content (AvgIpc) is 2.66. The van der Waals surface area contributed by atoms with Gasteiger partial charge in [0.05, 0.1) is 11.1 Å². The molecule has 7 nitrogen and oxygen atoms in total. The van der Waals surface area contributed by atoms with E-state index in [2.05, 4.69) is 10.5 Å². The van der Waals surface area contributed by atoms with Crippen LogP contribution in [0.15, 0.2) is 71.8 Å². The first-order valence-electron chi connectivity index (χ1n) is 7.80. The molecule has 0 unspecified atom stereocenters. The zero-order valence-corrected chi connectivity index (χ0v) is 13.7. The number of nitrogens with zero attached hydrogens (tertiary/aromatic N) is 2. The fourth-order valence-corrected chi connectivity index (χ4v) is 2.34. The first kappa shape index (κ1) is 17.1. The van der Waals surface area contributed by atoms with E-state index in [0.29, 0.717) is 11.3 Å². The van der Waals surface area contributed by atoms with E-state index in [-0.39, 0.29) is 12.3 Å². The molecule has 0 radical (unpaired) electrons. The Kier molecular flexibility index (Phi) is 5.19. The summed E-state index contributed by atoms with van der Waals surface area (Å²) in [5.41, 5.74) is 2.79. The van der Waals surface area contributed by atoms with Crippen LogP contribution in [0.4, 0.5) is 5.69 Å². The lowest BCUT2D eigenvalue weighted by Gasteiger charge is -2.06. The summed E-state index contributed by atoms with van der Waals surface area (Å²) < 4.78 is 5.45. The van der Waals surface area contributed by atoms with Gasteiger partial charge in [0, 0.05) is 17.7 Å². The van der Waals surface area contributed by atoms with Gasteiger partial charge in [-0.25, -0.2) is 5.43 Å². The molecule has 0 fully saturated rings. The number of ether oxygens (including phenoxy) is 1. The van der Waals surface area contributed by atoms with E-state index < -0.39 is 10.8 Å². The number of carbonyl (C=O) groups is 1. The van der Waals surface area contributed by atoms with Crippen molar-refractivity contribution in [2.75, 3.05) is 6.61 Å². The van der Waals surface area contributed by atoms with Crippen molar-refractivity contribution >= 4 is 28.6 Å². The molecule has 3 aromatic rings. The van der Waals surface area contributed by atoms with Crippen LogP contribution in [0.25, 0.3) is 10.8 Å². The first-order valence-corrected chi connectivity index (χ1v) is 7.80. The average molecular weight is 349 g/mol. The van der Waals surface area contributed by atoms with Crippen molar-refractivity contribution < 1.29 is 14.5 Å². The monoisotopic (exact) mass is 349 g/mol. The van der Waals surface area contributed by atoms with Gasteiger partial charge >= 0.3 is 0 Å². The summed E-state index contributed by atoms with van der Waals surface area (Å²) in [5.74, 6) is 0.154. The topological polar surface area (TPSA) is 93.8 Å². The molecule has 0 spiro atoms. The van der Waals surface area contributed by atoms with Crippen LogP contribution in [-0.2, 0) is 4.79 Å². The normalized spacial score (nSPS) is 10.8. The molecule has 0 aliphatic carbocycles. The number of fused-ring (bicyclic) bond motifs is 1. The fraction of sp³-hybridized carbons (Fsp3) is 0.0526. The second kappa shape index (κ2) is 7.89. The molecule has 0 aromatic heterocycles. The third kappa shape index (κ3) is 4.41. The smallest absolute Gasteiger partial charge is 0.277 e. The molecule has 7 heteroatoms. The minimum atomic E-state index is -0.493. The summed E-state index contributed by atoms with van der Waals surface area (Å²) in [6.07, 6.45) is 1.33. The molecule has 26 heavy (non-hydrogen) atoms. The Morgan fingerprint density at radius 2 is 1.88 bits per heavy atom. The minimum absolute atomic E-state index is 0.0417. The van der Waals surface area contributed by atoms with E-state index in [0.717, 1.165) is 10.8 Å². The molecule has 3 aromatic carbocycles. The van der Waals surface area contributed by atoms with Crippen LogP contribution < -0.4 is 10.2 Å². The van der Waals surface area contributed by atoms with Gasteiger partial charge in [0.15, 0.2) is 6.61 Å². The van der Waals surface area contributed by atoms with Gasteiger partial charge in [-0.15, -0.1) is 0 Å². The molecule has 0 saturated heterocycles. The largest absolute Gasteiger partial charge is 0.484 e. The molecule has 3 rings (SSSR count). The summed E-state index contributed by atoms with van der Waals surface area (Å²) in [4.78, 5) is 22.0. The Bertz CT molecular complexity index is 985. The Labute approximate surface area is 149 Å². The van der Waals surface area contributed by atoms with E-state index in [1.807, 2.05) is 36.4 Å². The fourth-order valence-electron chi connectivity index (χ4n) is 2.34. The minimum Gasteiger partial charge on any atom is -0.484 e. The van der Waals surface area contributed by atoms with Crippen LogP contribution in [0, 0.1) is 10.1 Å². The third-order valence-electron chi connectivity index (χ3n) is 3.57. The van der Waals surface area contributed by atoms with Crippen LogP contribution in [0.3, 0.4) is 0 Å². The number of hydrazone groups is 1. The van der Waals surface area contributed by atoms with Crippen molar-refractivity contribution in [1.82, 2.24) is 5.43 Å². The highest BCUT2D eigenvalue weighted by Crippen LogP contribution is 2.20. The van der Waals surface area contributed by atoms with Crippen molar-refractivity contribution in [3.8, 4) is 5.75 Å². The number of hydrogen-bond donors (Lipinski definition) is 1. The molecule has 130 valence electrons. The van der Waals surface area contributed by atoms with Gasteiger partial charge in [-0.05, 0) is 22.9 Å². The zero-order valence-electron chi connectivity index (χ0n) is 13.7. The molecule has 0 saturated carbocycles. The molecule has 1 N–H and O–H groups in total. The van der Waals surface area contributed by atoms with Gasteiger partial charge in [-0.2, -0.15) is 5.10 Å². The number of hydrogen-bond acceptors (Lipinski definition) is 5. The van der Waals surface area contributed by atoms with Crippen molar-refractivity contribution in [3.05, 3.63) is 82.4 Å². The summed E-state index contributed by atoms with van der Waals surface area (Å²) in [6.45, 7) is -0.190. The SMILES string of the molecule is O=C(COc1ccc2ccccc2c1)N/N=C\c1cccc([N+](=O)[O-])c1. The molecule has 1 amide bonds. The molecule has 0 bridgehead atoms. The lowest BCUT2D eigenvalue weighted by atomic mass is 10.1. The number of nitrogens with one attached hydrogen (secondary N) is 1. The van der Waals surface area contributed by atoms with Gasteiger partial charge < -0.3 is 4.74 Å². The predicted molar refractivity (Wildman–Crippen MR) is 98.3 cm³/mol. The number of rotatable bonds is 6. The lowest BCUT2D eigenvalue weighted by Crippen LogP contribution is -2.24. The van der Waals surface area contributed by atoms with Gasteiger partial charge in [0.2, 0.25) is 0 Å². The highest BCUT2D eigenvalue weighted by molar-refractivity contribution is 5.85. The Morgan fingerprint density at radius 1 is 1.08 bits per heavy atom. The number of nitro benzene ring substituents is 1. The third-order valence-corrected chi connectivity index (χ3v) is 3.57. The van der Waals surface area contributed by atoms with Crippen LogP contribution in [0.2, 0.25) is 0 Å². The Balaban J connectivity index is 1.53. The Morgan fingerprint density at radius 3 is 2.69 bits per heavy atom. The van der Waals surface area contributed by atoms with Gasteiger partial charge in [0.1, 0.15) is 5.75 Å². The number of carbonyl (C=O) groups excluding carboxylic acids is 1. The molecule has 0 aliphatic heterocycles. The van der Waals surface area contributed by atoms with E-state index in [9.17, 15) is 14.9 Å². The number of benzene rings is 3. The highest BCUT2D eigenvalue weighted by atomic mass is 16.6. The van der Waals surface area contributed by atoms with Crippen molar-refractivity contribution in [2.24, 2.45) is 5.10 Å². The number of amides is 1. The second-order valence-electron chi connectivity index (χ2n) is 5.44. The van der Waals surface area contributed by atoms with E-state index in [4.69, 9.17) is 4.74 Å². The van der Waals surface area contributed by atoms with Crippen LogP contribution in [-0.4, -0.2) is 23.7 Å². The van der Waals surface area contributed by atoms with Crippen LogP contribution in [0.5, 0.6) is 5.75 Å². The number of nitro groups is 1. The highest BCUT2D eigenvalue weighted by Gasteiger charge is 2.05. The standard InChI is InChI=1S/C19H15N3O4/c23-19(21-20-12-14-4-3-7-17(10-14)22(24)25)13-26-18-9-8-15-5-1-2-6-16(15)11-18/h1-12H,13H2,(H,21,23)/b20-12-. The lowest BCUT2D eigenvalue weighted by molar-refractivity contribution is -0.384. The van der Waals surface area contributed by atoms with E-state index in [1.165, 1.54) is 18.3 Å².